The van der Waals surface area contributed by atoms with E-state index < -0.39 is 0 Å². The van der Waals surface area contributed by atoms with Crippen LogP contribution in [0.15, 0.2) is 0 Å². The van der Waals surface area contributed by atoms with Crippen molar-refractivity contribution in [1.29, 1.82) is 0 Å². The molecule has 1 aromatic heterocycles. The van der Waals surface area contributed by atoms with Crippen LogP contribution >= 0.6 is 0 Å². The standard InChI is InChI=1S/C12H23N5O/c1-4-6-13-9(3)12-14-15-16-17(12)10-7-11(8-10)18-5-2/h9-11,13H,4-8H2,1-3H3. The maximum absolute atomic E-state index is 5.57. The lowest BCUT2D eigenvalue weighted by molar-refractivity contribution is -0.0242. The number of nitrogens with one attached hydrogen (secondary N) is 1. The number of ether oxygens (including phenoxy) is 1. The van der Waals surface area contributed by atoms with E-state index in [4.69, 9.17) is 4.74 Å². The largest absolute Gasteiger partial charge is 0.378 e. The van der Waals surface area contributed by atoms with Crippen molar-refractivity contribution in [3.05, 3.63) is 5.82 Å². The quantitative estimate of drug-likeness (QED) is 0.797. The first-order valence-electron chi connectivity index (χ1n) is 6.89. The van der Waals surface area contributed by atoms with Gasteiger partial charge in [-0.05, 0) is 50.1 Å². The van der Waals surface area contributed by atoms with Crippen molar-refractivity contribution >= 4 is 0 Å². The van der Waals surface area contributed by atoms with Crippen LogP contribution in [0.2, 0.25) is 0 Å². The van der Waals surface area contributed by atoms with E-state index in [0.29, 0.717) is 12.1 Å². The molecule has 0 radical (unpaired) electrons. The molecule has 0 spiro atoms. The molecule has 1 aromatic rings. The number of nitrogens with zero attached hydrogens (tertiary/aromatic N) is 4. The van der Waals surface area contributed by atoms with Crippen LogP contribution in [0.4, 0.5) is 0 Å². The molecule has 2 rings (SSSR count). The summed E-state index contributed by atoms with van der Waals surface area (Å²) < 4.78 is 7.53. The van der Waals surface area contributed by atoms with E-state index in [-0.39, 0.29) is 6.04 Å². The van der Waals surface area contributed by atoms with Crippen molar-refractivity contribution in [3.63, 3.8) is 0 Å². The van der Waals surface area contributed by atoms with Crippen LogP contribution in [0.25, 0.3) is 0 Å². The molecule has 6 nitrogen and oxygen atoms in total. The summed E-state index contributed by atoms with van der Waals surface area (Å²) in [5.74, 6) is 0.934. The Kier molecular flexibility index (Phi) is 4.66. The van der Waals surface area contributed by atoms with Gasteiger partial charge in [0.2, 0.25) is 0 Å². The maximum Gasteiger partial charge on any atom is 0.168 e. The van der Waals surface area contributed by atoms with E-state index in [1.165, 1.54) is 0 Å². The van der Waals surface area contributed by atoms with Gasteiger partial charge in [-0.1, -0.05) is 6.92 Å². The molecule has 102 valence electrons. The van der Waals surface area contributed by atoms with Gasteiger partial charge >= 0.3 is 0 Å². The maximum atomic E-state index is 5.57. The van der Waals surface area contributed by atoms with E-state index in [1.807, 2.05) is 11.6 Å². The molecule has 1 fully saturated rings. The van der Waals surface area contributed by atoms with Crippen molar-refractivity contribution in [2.75, 3.05) is 13.2 Å². The highest BCUT2D eigenvalue weighted by Gasteiger charge is 2.34. The summed E-state index contributed by atoms with van der Waals surface area (Å²) in [6.07, 6.45) is 3.54. The molecule has 0 saturated heterocycles. The Morgan fingerprint density at radius 2 is 2.22 bits per heavy atom. The number of rotatable bonds is 7. The van der Waals surface area contributed by atoms with Gasteiger partial charge in [-0.25, -0.2) is 4.68 Å². The van der Waals surface area contributed by atoms with Gasteiger partial charge in [0.15, 0.2) is 5.82 Å². The zero-order valence-corrected chi connectivity index (χ0v) is 11.5. The first-order valence-corrected chi connectivity index (χ1v) is 6.89. The summed E-state index contributed by atoms with van der Waals surface area (Å²) >= 11 is 0. The Bertz CT molecular complexity index is 361. The van der Waals surface area contributed by atoms with Gasteiger partial charge in [-0.2, -0.15) is 0 Å². The van der Waals surface area contributed by atoms with Gasteiger partial charge in [0.05, 0.1) is 18.2 Å². The number of hydrogen-bond acceptors (Lipinski definition) is 5. The van der Waals surface area contributed by atoms with Crippen molar-refractivity contribution < 1.29 is 4.74 Å². The van der Waals surface area contributed by atoms with Gasteiger partial charge in [0, 0.05) is 6.61 Å². The summed E-state index contributed by atoms with van der Waals surface area (Å²) in [6, 6.07) is 0.600. The Labute approximate surface area is 108 Å². The molecule has 0 aliphatic heterocycles. The first kappa shape index (κ1) is 13.4. The zero-order valence-electron chi connectivity index (χ0n) is 11.5. The van der Waals surface area contributed by atoms with Gasteiger partial charge in [0.1, 0.15) is 0 Å². The van der Waals surface area contributed by atoms with Crippen molar-refractivity contribution in [1.82, 2.24) is 25.5 Å². The molecule has 18 heavy (non-hydrogen) atoms. The fourth-order valence-corrected chi connectivity index (χ4v) is 2.31. The van der Waals surface area contributed by atoms with Gasteiger partial charge in [-0.15, -0.1) is 5.10 Å². The number of aromatic nitrogens is 4. The van der Waals surface area contributed by atoms with Crippen LogP contribution < -0.4 is 5.32 Å². The summed E-state index contributed by atoms with van der Waals surface area (Å²) in [5.41, 5.74) is 0. The SMILES string of the molecule is CCCNC(C)c1nnnn1C1CC(OCC)C1. The number of hydrogen-bond donors (Lipinski definition) is 1. The molecular weight excluding hydrogens is 230 g/mol. The highest BCUT2D eigenvalue weighted by Crippen LogP contribution is 2.34. The highest BCUT2D eigenvalue weighted by molar-refractivity contribution is 4.96. The fraction of sp³-hybridized carbons (Fsp3) is 0.917. The zero-order chi connectivity index (χ0) is 13.0. The minimum Gasteiger partial charge on any atom is -0.378 e. The summed E-state index contributed by atoms with van der Waals surface area (Å²) in [4.78, 5) is 0. The predicted molar refractivity (Wildman–Crippen MR) is 68.2 cm³/mol. The number of tetrazole rings is 1. The van der Waals surface area contributed by atoms with Crippen LogP contribution in [0.5, 0.6) is 0 Å². The van der Waals surface area contributed by atoms with E-state index in [9.17, 15) is 0 Å². The second-order valence-electron chi connectivity index (χ2n) is 4.86. The molecule has 6 heteroatoms. The van der Waals surface area contributed by atoms with Crippen LogP contribution in [0.1, 0.15) is 57.9 Å². The smallest absolute Gasteiger partial charge is 0.168 e. The second kappa shape index (κ2) is 6.24. The van der Waals surface area contributed by atoms with E-state index >= 15 is 0 Å². The Balaban J connectivity index is 1.92. The summed E-state index contributed by atoms with van der Waals surface area (Å²) in [5, 5.41) is 15.5. The second-order valence-corrected chi connectivity index (χ2v) is 4.86. The van der Waals surface area contributed by atoms with Crippen molar-refractivity contribution in [3.8, 4) is 0 Å². The topological polar surface area (TPSA) is 64.9 Å². The molecule has 1 saturated carbocycles. The average molecular weight is 253 g/mol. The van der Waals surface area contributed by atoms with Crippen LogP contribution in [0, 0.1) is 0 Å². The molecule has 1 heterocycles. The van der Waals surface area contributed by atoms with Crippen molar-refractivity contribution in [2.45, 2.75) is 58.2 Å². The summed E-state index contributed by atoms with van der Waals surface area (Å²) in [6.45, 7) is 8.07. The molecule has 1 atom stereocenters. The average Bonchev–Trinajstić information content (AvgIpc) is 2.78. The molecule has 1 aliphatic carbocycles. The van der Waals surface area contributed by atoms with Crippen LogP contribution in [0.3, 0.4) is 0 Å². The van der Waals surface area contributed by atoms with Crippen molar-refractivity contribution in [2.24, 2.45) is 0 Å². The molecule has 0 aromatic carbocycles. The monoisotopic (exact) mass is 253 g/mol. The highest BCUT2D eigenvalue weighted by atomic mass is 16.5. The minimum absolute atomic E-state index is 0.200. The van der Waals surface area contributed by atoms with Gasteiger partial charge in [-0.3, -0.25) is 0 Å². The minimum atomic E-state index is 0.200. The molecule has 1 aliphatic rings. The third-order valence-corrected chi connectivity index (χ3v) is 3.42. The van der Waals surface area contributed by atoms with Crippen LogP contribution in [-0.2, 0) is 4.74 Å². The summed E-state index contributed by atoms with van der Waals surface area (Å²) in [7, 11) is 0. The lowest BCUT2D eigenvalue weighted by atomic mass is 9.89. The van der Waals surface area contributed by atoms with E-state index in [2.05, 4.69) is 34.7 Å². The molecule has 1 unspecified atom stereocenters. The fourth-order valence-electron chi connectivity index (χ4n) is 2.31. The normalized spacial score (nSPS) is 24.8. The first-order chi connectivity index (χ1) is 8.76. The molecule has 1 N–H and O–H groups in total. The molecule has 0 bridgehead atoms. The van der Waals surface area contributed by atoms with E-state index in [0.717, 1.165) is 38.2 Å². The Morgan fingerprint density at radius 3 is 2.89 bits per heavy atom. The lowest BCUT2D eigenvalue weighted by Crippen LogP contribution is -2.36. The van der Waals surface area contributed by atoms with Gasteiger partial charge < -0.3 is 10.1 Å². The van der Waals surface area contributed by atoms with Crippen LogP contribution in [-0.4, -0.2) is 39.5 Å². The van der Waals surface area contributed by atoms with Gasteiger partial charge in [0.25, 0.3) is 0 Å². The predicted octanol–water partition coefficient (Wildman–Crippen LogP) is 1.47. The lowest BCUT2D eigenvalue weighted by Gasteiger charge is -2.35. The third-order valence-electron chi connectivity index (χ3n) is 3.42. The molecule has 0 amide bonds. The third kappa shape index (κ3) is 2.87. The Hall–Kier alpha value is -1.01. The van der Waals surface area contributed by atoms with E-state index in [1.54, 1.807) is 0 Å². The molecular formula is C12H23N5O. The Morgan fingerprint density at radius 1 is 1.44 bits per heavy atom.